The number of halogens is 1. The molecule has 0 saturated carbocycles. The van der Waals surface area contributed by atoms with Crippen LogP contribution < -0.4 is 14.8 Å². The third-order valence-corrected chi connectivity index (χ3v) is 4.54. The van der Waals surface area contributed by atoms with E-state index in [0.29, 0.717) is 33.6 Å². The quantitative estimate of drug-likeness (QED) is 0.374. The zero-order chi connectivity index (χ0) is 22.5. The molecule has 0 fully saturated rings. The first-order valence-electron chi connectivity index (χ1n) is 9.32. The van der Waals surface area contributed by atoms with Gasteiger partial charge in [0.1, 0.15) is 0 Å². The summed E-state index contributed by atoms with van der Waals surface area (Å²) < 4.78 is 16.5. The number of amides is 1. The minimum atomic E-state index is -0.598. The minimum Gasteiger partial charge on any atom is -0.490 e. The number of aliphatic imine (C=N–C) groups is 1. The number of nitrogens with zero attached hydrogens (tertiary/aromatic N) is 1. The number of carbonyl (C=O) groups excluding carboxylic acids is 3. The second-order valence-electron chi connectivity index (χ2n) is 6.45. The van der Waals surface area contributed by atoms with Crippen LogP contribution in [0.5, 0.6) is 11.5 Å². The molecule has 0 radical (unpaired) electrons. The number of ether oxygens (including phenoxy) is 3. The molecule has 8 nitrogen and oxygen atoms in total. The highest BCUT2D eigenvalue weighted by Gasteiger charge is 2.24. The molecule has 0 bridgehead atoms. The van der Waals surface area contributed by atoms with Gasteiger partial charge in [0.05, 0.1) is 11.1 Å². The first-order chi connectivity index (χ1) is 14.8. The molecule has 0 aliphatic carbocycles. The van der Waals surface area contributed by atoms with Gasteiger partial charge in [-0.05, 0) is 70.9 Å². The summed E-state index contributed by atoms with van der Waals surface area (Å²) in [6, 6.07) is 10.1. The monoisotopic (exact) mass is 486 g/mol. The number of rotatable bonds is 6. The molecule has 1 heterocycles. The van der Waals surface area contributed by atoms with E-state index in [0.717, 1.165) is 0 Å². The Bertz CT molecular complexity index is 1110. The topological polar surface area (TPSA) is 103 Å². The van der Waals surface area contributed by atoms with Gasteiger partial charge in [-0.2, -0.15) is 0 Å². The van der Waals surface area contributed by atoms with Gasteiger partial charge in [-0.1, -0.05) is 0 Å². The van der Waals surface area contributed by atoms with E-state index < -0.39 is 11.9 Å². The van der Waals surface area contributed by atoms with Gasteiger partial charge in [0.25, 0.3) is 0 Å². The van der Waals surface area contributed by atoms with Gasteiger partial charge in [-0.3, -0.25) is 9.59 Å². The lowest BCUT2D eigenvalue weighted by molar-refractivity contribution is -0.132. The number of hydrogen-bond acceptors (Lipinski definition) is 7. The molecule has 0 atom stereocenters. The zero-order valence-corrected chi connectivity index (χ0v) is 18.6. The second-order valence-corrected chi connectivity index (χ2v) is 7.31. The Labute approximate surface area is 187 Å². The predicted molar refractivity (Wildman–Crippen MR) is 118 cm³/mol. The average molecular weight is 487 g/mol. The van der Waals surface area contributed by atoms with Crippen LogP contribution in [-0.4, -0.2) is 30.4 Å². The lowest BCUT2D eigenvalue weighted by Gasteiger charge is -2.12. The molecule has 160 valence electrons. The normalized spacial score (nSPS) is 14.1. The molecule has 0 aromatic heterocycles. The van der Waals surface area contributed by atoms with Crippen LogP contribution in [0.2, 0.25) is 0 Å². The molecule has 0 unspecified atom stereocenters. The number of cyclic esters (lactones) is 1. The van der Waals surface area contributed by atoms with Crippen LogP contribution in [0, 0.1) is 0 Å². The van der Waals surface area contributed by atoms with E-state index in [1.807, 2.05) is 0 Å². The van der Waals surface area contributed by atoms with Crippen LogP contribution in [0.4, 0.5) is 5.69 Å². The van der Waals surface area contributed by atoms with Crippen molar-refractivity contribution in [2.75, 3.05) is 11.9 Å². The molecule has 2 aromatic rings. The number of carbonyl (C=O) groups is 3. The summed E-state index contributed by atoms with van der Waals surface area (Å²) in [5.74, 6) is -0.492. The maximum atomic E-state index is 12.3. The molecule has 1 aliphatic heterocycles. The fourth-order valence-corrected chi connectivity index (χ4v) is 3.31. The predicted octanol–water partition coefficient (Wildman–Crippen LogP) is 4.08. The molecule has 1 aliphatic rings. The average Bonchev–Trinajstić information content (AvgIpc) is 3.05. The van der Waals surface area contributed by atoms with E-state index >= 15 is 0 Å². The van der Waals surface area contributed by atoms with Crippen LogP contribution in [0.1, 0.15) is 31.9 Å². The van der Waals surface area contributed by atoms with Gasteiger partial charge in [0, 0.05) is 25.1 Å². The van der Waals surface area contributed by atoms with Gasteiger partial charge >= 0.3 is 11.9 Å². The van der Waals surface area contributed by atoms with Crippen molar-refractivity contribution in [1.29, 1.82) is 0 Å². The molecule has 9 heteroatoms. The van der Waals surface area contributed by atoms with Crippen molar-refractivity contribution >= 4 is 51.4 Å². The number of benzene rings is 2. The maximum Gasteiger partial charge on any atom is 0.363 e. The van der Waals surface area contributed by atoms with Crippen LogP contribution in [0.25, 0.3) is 6.08 Å². The Morgan fingerprint density at radius 3 is 2.52 bits per heavy atom. The molecular formula is C22H19BrN2O6. The van der Waals surface area contributed by atoms with Crippen molar-refractivity contribution in [3.8, 4) is 11.5 Å². The van der Waals surface area contributed by atoms with E-state index in [1.54, 1.807) is 49.4 Å². The second kappa shape index (κ2) is 9.57. The zero-order valence-electron chi connectivity index (χ0n) is 17.0. The Kier molecular flexibility index (Phi) is 6.86. The van der Waals surface area contributed by atoms with Gasteiger partial charge in [-0.25, -0.2) is 9.79 Å². The molecule has 0 saturated heterocycles. The third-order valence-electron chi connectivity index (χ3n) is 3.95. The first kappa shape index (κ1) is 22.2. The maximum absolute atomic E-state index is 12.3. The fraction of sp³-hybridized carbons (Fsp3) is 0.182. The van der Waals surface area contributed by atoms with E-state index in [4.69, 9.17) is 14.2 Å². The van der Waals surface area contributed by atoms with Gasteiger partial charge in [0.15, 0.2) is 17.2 Å². The van der Waals surface area contributed by atoms with Gasteiger partial charge in [0.2, 0.25) is 11.8 Å². The summed E-state index contributed by atoms with van der Waals surface area (Å²) in [5, 5.41) is 2.66. The van der Waals surface area contributed by atoms with E-state index in [1.165, 1.54) is 13.8 Å². The van der Waals surface area contributed by atoms with Crippen molar-refractivity contribution in [2.45, 2.75) is 20.8 Å². The Morgan fingerprint density at radius 1 is 1.19 bits per heavy atom. The van der Waals surface area contributed by atoms with Crippen LogP contribution in [0.3, 0.4) is 0 Å². The Balaban J connectivity index is 1.90. The number of anilines is 1. The smallest absolute Gasteiger partial charge is 0.363 e. The summed E-state index contributed by atoms with van der Waals surface area (Å²) in [6.45, 7) is 4.88. The lowest BCUT2D eigenvalue weighted by atomic mass is 10.1. The van der Waals surface area contributed by atoms with E-state index in [9.17, 15) is 14.4 Å². The molecule has 31 heavy (non-hydrogen) atoms. The van der Waals surface area contributed by atoms with Crippen molar-refractivity contribution in [3.63, 3.8) is 0 Å². The van der Waals surface area contributed by atoms with Crippen molar-refractivity contribution in [1.82, 2.24) is 0 Å². The van der Waals surface area contributed by atoms with E-state index in [2.05, 4.69) is 26.2 Å². The van der Waals surface area contributed by atoms with Crippen molar-refractivity contribution in [2.24, 2.45) is 4.99 Å². The minimum absolute atomic E-state index is 0.107. The number of nitrogens with one attached hydrogen (secondary N) is 1. The first-order valence-corrected chi connectivity index (χ1v) is 10.1. The van der Waals surface area contributed by atoms with Crippen molar-refractivity contribution in [3.05, 3.63) is 57.7 Å². The molecule has 2 aromatic carbocycles. The number of esters is 2. The molecular weight excluding hydrogens is 468 g/mol. The van der Waals surface area contributed by atoms with Gasteiger partial charge < -0.3 is 19.5 Å². The van der Waals surface area contributed by atoms with E-state index in [-0.39, 0.29) is 23.3 Å². The summed E-state index contributed by atoms with van der Waals surface area (Å²) in [7, 11) is 0. The van der Waals surface area contributed by atoms with Gasteiger partial charge in [-0.15, -0.1) is 0 Å². The van der Waals surface area contributed by atoms with Crippen molar-refractivity contribution < 1.29 is 28.6 Å². The van der Waals surface area contributed by atoms with Crippen LogP contribution >= 0.6 is 15.9 Å². The fourth-order valence-electron chi connectivity index (χ4n) is 2.77. The highest BCUT2D eigenvalue weighted by molar-refractivity contribution is 9.10. The highest BCUT2D eigenvalue weighted by Crippen LogP contribution is 2.38. The molecule has 1 amide bonds. The number of hydrogen-bond donors (Lipinski definition) is 1. The lowest BCUT2D eigenvalue weighted by Crippen LogP contribution is -2.07. The summed E-state index contributed by atoms with van der Waals surface area (Å²) in [6.07, 6.45) is 1.55. The van der Waals surface area contributed by atoms with Crippen LogP contribution in [0.15, 0.2) is 51.6 Å². The molecule has 1 N–H and O–H groups in total. The largest absolute Gasteiger partial charge is 0.490 e. The molecule has 0 spiro atoms. The third kappa shape index (κ3) is 5.58. The highest BCUT2D eigenvalue weighted by atomic mass is 79.9. The summed E-state index contributed by atoms with van der Waals surface area (Å²) in [5.41, 5.74) is 1.92. The summed E-state index contributed by atoms with van der Waals surface area (Å²) >= 11 is 3.36. The van der Waals surface area contributed by atoms with Crippen LogP contribution in [-0.2, 0) is 19.1 Å². The Hall–Kier alpha value is -3.46. The molecule has 3 rings (SSSR count). The Morgan fingerprint density at radius 2 is 1.90 bits per heavy atom. The summed E-state index contributed by atoms with van der Waals surface area (Å²) in [4.78, 5) is 39.1. The standard InChI is InChI=1S/C22H19BrN2O6/c1-4-29-19-11-14(9-17(23)20(19)30-13(3)27)10-18-22(28)31-21(25-18)15-5-7-16(8-6-15)24-12(2)26/h5-11H,4H2,1-3H3,(H,24,26)/b18-10-. The SMILES string of the molecule is CCOc1cc(/C=C2\N=C(c3ccc(NC(C)=O)cc3)OC2=O)cc(Br)c1OC(C)=O.